The summed E-state index contributed by atoms with van der Waals surface area (Å²) in [6, 6.07) is 0. The first-order valence-electron chi connectivity index (χ1n) is 7.68. The molecule has 144 valence electrons. The molecule has 27 heavy (non-hydrogen) atoms. The maximum atomic E-state index is 12.6. The number of carbonyl (C=O) groups is 4. The van der Waals surface area contributed by atoms with E-state index in [1.165, 1.54) is 21.1 Å². The number of ether oxygens (including phenoxy) is 2. The van der Waals surface area contributed by atoms with Crippen molar-refractivity contribution in [3.8, 4) is 0 Å². The van der Waals surface area contributed by atoms with Gasteiger partial charge in [0.2, 0.25) is 0 Å². The van der Waals surface area contributed by atoms with E-state index >= 15 is 0 Å². The van der Waals surface area contributed by atoms with Gasteiger partial charge in [-0.3, -0.25) is 9.48 Å². The number of esters is 2. The predicted molar refractivity (Wildman–Crippen MR) is 94.5 cm³/mol. The molecule has 0 atom stereocenters. The van der Waals surface area contributed by atoms with E-state index in [-0.39, 0.29) is 33.3 Å². The Labute approximate surface area is 157 Å². The quantitative estimate of drug-likeness (QED) is 0.705. The van der Waals surface area contributed by atoms with Crippen LogP contribution in [0.15, 0.2) is 6.20 Å². The first-order chi connectivity index (χ1) is 12.7. The maximum absolute atomic E-state index is 12.6. The van der Waals surface area contributed by atoms with Crippen molar-refractivity contribution in [1.82, 2.24) is 9.78 Å². The average Bonchev–Trinajstić information content (AvgIpc) is 3.15. The van der Waals surface area contributed by atoms with E-state index in [1.807, 2.05) is 0 Å². The molecule has 0 saturated heterocycles. The van der Waals surface area contributed by atoms with Crippen LogP contribution in [0.3, 0.4) is 0 Å². The summed E-state index contributed by atoms with van der Waals surface area (Å²) < 4.78 is 10.8. The summed E-state index contributed by atoms with van der Waals surface area (Å²) in [6.07, 6.45) is 1.04. The van der Waals surface area contributed by atoms with E-state index in [4.69, 9.17) is 9.47 Å². The molecular weight excluding hydrogens is 378 g/mol. The smallest absolute Gasteiger partial charge is 0.348 e. The summed E-state index contributed by atoms with van der Waals surface area (Å²) in [4.78, 5) is 48.2. The molecule has 0 aliphatic heterocycles. The zero-order valence-corrected chi connectivity index (χ0v) is 15.8. The molecule has 0 bridgehead atoms. The van der Waals surface area contributed by atoms with Gasteiger partial charge in [-0.2, -0.15) is 5.10 Å². The van der Waals surface area contributed by atoms with Crippen LogP contribution in [0.4, 0.5) is 5.00 Å². The standard InChI is InChI=1S/C16H17N3O7S/c1-5-26-16(24)11-7(2)9(15(23)25-4)13(27-11)18-12(20)10-8(14(21)22)6-17-19(10)3/h6H,5H2,1-4H3,(H,18,20)(H,21,22). The van der Waals surface area contributed by atoms with Gasteiger partial charge in [0.05, 0.1) is 25.5 Å². The van der Waals surface area contributed by atoms with Gasteiger partial charge in [-0.15, -0.1) is 11.3 Å². The van der Waals surface area contributed by atoms with Crippen LogP contribution in [0.25, 0.3) is 0 Å². The molecule has 2 rings (SSSR count). The van der Waals surface area contributed by atoms with Crippen LogP contribution >= 0.6 is 11.3 Å². The summed E-state index contributed by atoms with van der Waals surface area (Å²) in [6.45, 7) is 3.31. The molecule has 0 unspecified atom stereocenters. The summed E-state index contributed by atoms with van der Waals surface area (Å²) in [5.41, 5.74) is -0.211. The highest BCUT2D eigenvalue weighted by atomic mass is 32.1. The van der Waals surface area contributed by atoms with Crippen LogP contribution in [0.2, 0.25) is 0 Å². The molecule has 2 heterocycles. The molecule has 0 aliphatic carbocycles. The molecular formula is C16H17N3O7S. The predicted octanol–water partition coefficient (Wildman–Crippen LogP) is 1.70. The van der Waals surface area contributed by atoms with Crippen molar-refractivity contribution < 1.29 is 33.8 Å². The normalized spacial score (nSPS) is 10.4. The Kier molecular flexibility index (Phi) is 5.95. The molecule has 2 aromatic rings. The minimum absolute atomic E-state index is 0.00190. The molecule has 0 aliphatic rings. The van der Waals surface area contributed by atoms with Gasteiger partial charge in [-0.25, -0.2) is 14.4 Å². The molecule has 1 amide bonds. The number of carboxylic acid groups (broad SMARTS) is 1. The number of carbonyl (C=O) groups excluding carboxylic acids is 3. The van der Waals surface area contributed by atoms with E-state index in [0.717, 1.165) is 22.2 Å². The fourth-order valence-corrected chi connectivity index (χ4v) is 3.45. The highest BCUT2D eigenvalue weighted by molar-refractivity contribution is 7.18. The zero-order chi connectivity index (χ0) is 20.3. The van der Waals surface area contributed by atoms with Crippen molar-refractivity contribution in [3.05, 3.63) is 33.5 Å². The van der Waals surface area contributed by atoms with Crippen molar-refractivity contribution in [2.75, 3.05) is 19.0 Å². The number of aryl methyl sites for hydroxylation is 1. The van der Waals surface area contributed by atoms with Crippen molar-refractivity contribution in [3.63, 3.8) is 0 Å². The number of nitrogens with zero attached hydrogens (tertiary/aromatic N) is 2. The number of aromatic nitrogens is 2. The number of anilines is 1. The van der Waals surface area contributed by atoms with Crippen LogP contribution in [0.1, 0.15) is 53.4 Å². The van der Waals surface area contributed by atoms with E-state index in [0.29, 0.717) is 5.56 Å². The van der Waals surface area contributed by atoms with Crippen molar-refractivity contribution in [2.24, 2.45) is 7.05 Å². The number of amides is 1. The van der Waals surface area contributed by atoms with Gasteiger partial charge in [0.1, 0.15) is 21.1 Å². The van der Waals surface area contributed by atoms with Gasteiger partial charge in [0, 0.05) is 7.05 Å². The lowest BCUT2D eigenvalue weighted by atomic mass is 10.1. The molecule has 0 radical (unpaired) electrons. The molecule has 2 aromatic heterocycles. The SMILES string of the molecule is CCOC(=O)c1sc(NC(=O)c2c(C(=O)O)cnn2C)c(C(=O)OC)c1C. The van der Waals surface area contributed by atoms with Gasteiger partial charge in [-0.05, 0) is 19.4 Å². The van der Waals surface area contributed by atoms with Crippen LogP contribution in [-0.2, 0) is 16.5 Å². The second-order valence-corrected chi connectivity index (χ2v) is 6.28. The number of carboxylic acids is 1. The summed E-state index contributed by atoms with van der Waals surface area (Å²) >= 11 is 0.839. The Balaban J connectivity index is 2.49. The second-order valence-electron chi connectivity index (χ2n) is 5.26. The number of thiophene rings is 1. The van der Waals surface area contributed by atoms with Gasteiger partial charge in [0.25, 0.3) is 5.91 Å². The Hall–Kier alpha value is -3.21. The van der Waals surface area contributed by atoms with Gasteiger partial charge in [-0.1, -0.05) is 0 Å². The zero-order valence-electron chi connectivity index (χ0n) is 15.0. The Bertz CT molecular complexity index is 929. The Morgan fingerprint density at radius 3 is 2.52 bits per heavy atom. The van der Waals surface area contributed by atoms with Gasteiger partial charge >= 0.3 is 17.9 Å². The minimum atomic E-state index is -1.32. The number of methoxy groups -OCH3 is 1. The molecule has 10 nitrogen and oxygen atoms in total. The number of nitrogens with one attached hydrogen (secondary N) is 1. The largest absolute Gasteiger partial charge is 0.478 e. The number of rotatable bonds is 6. The summed E-state index contributed by atoms with van der Waals surface area (Å²) in [7, 11) is 2.57. The molecule has 2 N–H and O–H groups in total. The molecule has 0 spiro atoms. The van der Waals surface area contributed by atoms with Crippen LogP contribution in [0.5, 0.6) is 0 Å². The van der Waals surface area contributed by atoms with Crippen molar-refractivity contribution in [1.29, 1.82) is 0 Å². The van der Waals surface area contributed by atoms with Crippen LogP contribution in [-0.4, -0.2) is 52.4 Å². The number of hydrogen-bond donors (Lipinski definition) is 2. The number of hydrogen-bond acceptors (Lipinski definition) is 8. The molecule has 0 aromatic carbocycles. The van der Waals surface area contributed by atoms with Gasteiger partial charge < -0.3 is 19.9 Å². The van der Waals surface area contributed by atoms with Gasteiger partial charge in [0.15, 0.2) is 0 Å². The fourth-order valence-electron chi connectivity index (χ4n) is 2.37. The fraction of sp³-hybridized carbons (Fsp3) is 0.312. The monoisotopic (exact) mass is 395 g/mol. The van der Waals surface area contributed by atoms with E-state index in [1.54, 1.807) is 6.92 Å². The third-order valence-corrected chi connectivity index (χ3v) is 4.80. The van der Waals surface area contributed by atoms with E-state index in [2.05, 4.69) is 10.4 Å². The summed E-state index contributed by atoms with van der Waals surface area (Å²) in [5, 5.41) is 15.5. The van der Waals surface area contributed by atoms with Crippen LogP contribution in [0, 0.1) is 6.92 Å². The number of aromatic carboxylic acids is 1. The van der Waals surface area contributed by atoms with E-state index in [9.17, 15) is 24.3 Å². The third kappa shape index (κ3) is 3.82. The first kappa shape index (κ1) is 20.1. The molecule has 11 heteroatoms. The van der Waals surface area contributed by atoms with Crippen molar-refractivity contribution >= 4 is 40.2 Å². The Morgan fingerprint density at radius 1 is 1.30 bits per heavy atom. The minimum Gasteiger partial charge on any atom is -0.478 e. The first-order valence-corrected chi connectivity index (χ1v) is 8.49. The summed E-state index contributed by atoms with van der Waals surface area (Å²) in [5.74, 6) is -3.51. The average molecular weight is 395 g/mol. The highest BCUT2D eigenvalue weighted by Crippen LogP contribution is 2.34. The topological polar surface area (TPSA) is 137 Å². The van der Waals surface area contributed by atoms with Crippen molar-refractivity contribution in [2.45, 2.75) is 13.8 Å². The lowest BCUT2D eigenvalue weighted by molar-refractivity contribution is 0.0530. The highest BCUT2D eigenvalue weighted by Gasteiger charge is 2.29. The molecule has 0 fully saturated rings. The molecule has 0 saturated carbocycles. The lowest BCUT2D eigenvalue weighted by Gasteiger charge is -2.07. The maximum Gasteiger partial charge on any atom is 0.348 e. The lowest BCUT2D eigenvalue weighted by Crippen LogP contribution is -2.20. The van der Waals surface area contributed by atoms with Crippen LogP contribution < -0.4 is 5.32 Å². The third-order valence-electron chi connectivity index (χ3n) is 3.61. The second kappa shape index (κ2) is 7.99. The van der Waals surface area contributed by atoms with E-state index < -0.39 is 23.8 Å². The Morgan fingerprint density at radius 2 is 1.96 bits per heavy atom.